The quantitative estimate of drug-likeness (QED) is 0.279. The fourth-order valence-corrected chi connectivity index (χ4v) is 12.2. The predicted octanol–water partition coefficient (Wildman–Crippen LogP) is 7.75. The summed E-state index contributed by atoms with van der Waals surface area (Å²) in [5.41, 5.74) is 5.53. The zero-order chi connectivity index (χ0) is 21.9. The number of aryl methyl sites for hydroxylation is 1. The van der Waals surface area contributed by atoms with Crippen LogP contribution in [0.3, 0.4) is 0 Å². The average molecular weight is 436 g/mol. The molecule has 6 rings (SSSR count). The molecule has 0 atom stereocenters. The summed E-state index contributed by atoms with van der Waals surface area (Å²) in [6.45, 7) is 6.95. The number of fused-ring (bicyclic) bond motifs is 4. The van der Waals surface area contributed by atoms with E-state index in [9.17, 15) is 0 Å². The normalized spacial score (nSPS) is 17.8. The molecule has 1 nitrogen and oxygen atoms in total. The summed E-state index contributed by atoms with van der Waals surface area (Å²) >= 11 is 0. The Morgan fingerprint density at radius 2 is 1.53 bits per heavy atom. The van der Waals surface area contributed by atoms with E-state index in [0.29, 0.717) is 0 Å². The Kier molecular flexibility index (Phi) is 4.59. The Labute approximate surface area is 192 Å². The SMILES string of the molecule is CC(C)(C)c1cc(-c2nccc3cc4c(cc23)CCC[Si]42CCCC2)cc2ccccc12. The van der Waals surface area contributed by atoms with Crippen molar-refractivity contribution in [1.82, 2.24) is 4.98 Å². The van der Waals surface area contributed by atoms with Crippen LogP contribution in [-0.4, -0.2) is 13.1 Å². The summed E-state index contributed by atoms with van der Waals surface area (Å²) < 4.78 is 0. The molecule has 3 heterocycles. The van der Waals surface area contributed by atoms with Gasteiger partial charge in [-0.1, -0.05) is 93.7 Å². The number of rotatable bonds is 1. The molecule has 0 bridgehead atoms. The lowest BCUT2D eigenvalue weighted by Gasteiger charge is -2.34. The number of hydrogen-bond acceptors (Lipinski definition) is 1. The van der Waals surface area contributed by atoms with Crippen LogP contribution in [0, 0.1) is 0 Å². The average Bonchev–Trinajstić information content (AvgIpc) is 3.25. The minimum Gasteiger partial charge on any atom is -0.256 e. The third kappa shape index (κ3) is 3.15. The molecule has 1 aromatic heterocycles. The number of aromatic nitrogens is 1. The van der Waals surface area contributed by atoms with E-state index in [2.05, 4.69) is 75.4 Å². The van der Waals surface area contributed by atoms with Crippen LogP contribution in [-0.2, 0) is 11.8 Å². The molecule has 4 aromatic rings. The van der Waals surface area contributed by atoms with E-state index >= 15 is 0 Å². The number of nitrogens with zero attached hydrogens (tertiary/aromatic N) is 1. The summed E-state index contributed by atoms with van der Waals surface area (Å²) in [5.74, 6) is 0. The molecule has 1 spiro atoms. The van der Waals surface area contributed by atoms with Crippen LogP contribution in [0.1, 0.15) is 51.2 Å². The first-order chi connectivity index (χ1) is 15.4. The van der Waals surface area contributed by atoms with Crippen molar-refractivity contribution in [2.24, 2.45) is 0 Å². The number of hydrogen-bond donors (Lipinski definition) is 0. The van der Waals surface area contributed by atoms with Crippen molar-refractivity contribution in [1.29, 1.82) is 0 Å². The van der Waals surface area contributed by atoms with E-state index in [1.165, 1.54) is 76.5 Å². The highest BCUT2D eigenvalue weighted by molar-refractivity contribution is 6.93. The highest BCUT2D eigenvalue weighted by Crippen LogP contribution is 2.40. The molecule has 162 valence electrons. The summed E-state index contributed by atoms with van der Waals surface area (Å²) in [6, 6.07) is 25.5. The van der Waals surface area contributed by atoms with Gasteiger partial charge in [0.05, 0.1) is 13.8 Å². The van der Waals surface area contributed by atoms with Crippen LogP contribution in [0.25, 0.3) is 32.8 Å². The summed E-state index contributed by atoms with van der Waals surface area (Å²) in [5, 5.41) is 7.18. The van der Waals surface area contributed by atoms with Crippen molar-refractivity contribution in [3.05, 3.63) is 71.9 Å². The third-order valence-corrected chi connectivity index (χ3v) is 13.7. The van der Waals surface area contributed by atoms with Crippen LogP contribution < -0.4 is 5.19 Å². The Hall–Kier alpha value is -2.45. The van der Waals surface area contributed by atoms with Crippen LogP contribution in [0.4, 0.5) is 0 Å². The van der Waals surface area contributed by atoms with Gasteiger partial charge in [-0.2, -0.15) is 0 Å². The molecule has 2 heteroatoms. The molecule has 32 heavy (non-hydrogen) atoms. The molecular formula is C30H33NSi. The zero-order valence-corrected chi connectivity index (χ0v) is 20.7. The number of pyridine rings is 1. The topological polar surface area (TPSA) is 12.9 Å². The summed E-state index contributed by atoms with van der Waals surface area (Å²) in [7, 11) is -1.24. The molecule has 3 aromatic carbocycles. The smallest absolute Gasteiger partial charge is 0.0871 e. The van der Waals surface area contributed by atoms with E-state index in [0.717, 1.165) is 5.69 Å². The molecule has 1 fully saturated rings. The molecule has 0 aliphatic carbocycles. The molecule has 0 amide bonds. The van der Waals surface area contributed by atoms with Gasteiger partial charge in [0, 0.05) is 17.1 Å². The minimum absolute atomic E-state index is 0.0832. The van der Waals surface area contributed by atoms with Gasteiger partial charge in [0.25, 0.3) is 0 Å². The van der Waals surface area contributed by atoms with Crippen molar-refractivity contribution >= 4 is 34.8 Å². The lowest BCUT2D eigenvalue weighted by Crippen LogP contribution is -2.49. The second-order valence-electron chi connectivity index (χ2n) is 11.2. The van der Waals surface area contributed by atoms with E-state index in [1.54, 1.807) is 10.8 Å². The summed E-state index contributed by atoms with van der Waals surface area (Å²) in [4.78, 5) is 4.96. The fraction of sp³-hybridized carbons (Fsp3) is 0.367. The third-order valence-electron chi connectivity index (χ3n) is 8.16. The second kappa shape index (κ2) is 7.28. The van der Waals surface area contributed by atoms with Gasteiger partial charge in [0.2, 0.25) is 0 Å². The molecule has 2 aliphatic rings. The van der Waals surface area contributed by atoms with Gasteiger partial charge in [-0.3, -0.25) is 4.98 Å². The monoisotopic (exact) mass is 435 g/mol. The molecule has 2 aliphatic heterocycles. The lowest BCUT2D eigenvalue weighted by molar-refractivity contribution is 0.596. The first kappa shape index (κ1) is 20.2. The molecule has 0 saturated carbocycles. The second-order valence-corrected chi connectivity index (χ2v) is 15.8. The van der Waals surface area contributed by atoms with Gasteiger partial charge in [-0.15, -0.1) is 0 Å². The van der Waals surface area contributed by atoms with Gasteiger partial charge < -0.3 is 0 Å². The largest absolute Gasteiger partial charge is 0.256 e. The highest BCUT2D eigenvalue weighted by atomic mass is 28.3. The maximum Gasteiger partial charge on any atom is 0.0871 e. The molecule has 0 radical (unpaired) electrons. The summed E-state index contributed by atoms with van der Waals surface area (Å²) in [6.07, 6.45) is 7.58. The van der Waals surface area contributed by atoms with Gasteiger partial charge in [0.1, 0.15) is 0 Å². The van der Waals surface area contributed by atoms with Crippen molar-refractivity contribution in [2.45, 2.75) is 70.0 Å². The minimum atomic E-state index is -1.24. The van der Waals surface area contributed by atoms with Gasteiger partial charge in [-0.05, 0) is 63.4 Å². The van der Waals surface area contributed by atoms with Gasteiger partial charge in [0.15, 0.2) is 0 Å². The van der Waals surface area contributed by atoms with E-state index in [1.807, 2.05) is 6.20 Å². The zero-order valence-electron chi connectivity index (χ0n) is 19.7. The van der Waals surface area contributed by atoms with E-state index in [-0.39, 0.29) is 5.41 Å². The van der Waals surface area contributed by atoms with Crippen LogP contribution >= 0.6 is 0 Å². The molecular weight excluding hydrogens is 402 g/mol. The van der Waals surface area contributed by atoms with E-state index < -0.39 is 8.07 Å². The van der Waals surface area contributed by atoms with E-state index in [4.69, 9.17) is 4.98 Å². The standard InChI is InChI=1S/C30H33NSi/c1-30(2,3)27-19-24(17-21-9-4-5-11-25(21)27)29-26-18-23-10-8-16-32(14-6-7-15-32)28(23)20-22(26)12-13-31-29/h4-5,9,11-13,17-20H,6-8,10,14-16H2,1-3H3. The van der Waals surface area contributed by atoms with Crippen LogP contribution in [0.5, 0.6) is 0 Å². The van der Waals surface area contributed by atoms with Crippen LogP contribution in [0.2, 0.25) is 18.1 Å². The van der Waals surface area contributed by atoms with Crippen molar-refractivity contribution in [3.63, 3.8) is 0 Å². The van der Waals surface area contributed by atoms with Gasteiger partial charge in [-0.25, -0.2) is 0 Å². The van der Waals surface area contributed by atoms with Crippen LogP contribution in [0.15, 0.2) is 60.8 Å². The maximum atomic E-state index is 4.96. The van der Waals surface area contributed by atoms with Crippen molar-refractivity contribution < 1.29 is 0 Å². The highest BCUT2D eigenvalue weighted by Gasteiger charge is 2.41. The van der Waals surface area contributed by atoms with Crippen molar-refractivity contribution in [3.8, 4) is 11.3 Å². The maximum absolute atomic E-state index is 4.96. The Morgan fingerprint density at radius 3 is 2.34 bits per heavy atom. The first-order valence-corrected chi connectivity index (χ1v) is 15.0. The fourth-order valence-electron chi connectivity index (χ4n) is 6.59. The van der Waals surface area contributed by atoms with Crippen molar-refractivity contribution in [2.75, 3.05) is 0 Å². The molecule has 0 unspecified atom stereocenters. The number of benzene rings is 3. The Bertz CT molecular complexity index is 1340. The Morgan fingerprint density at radius 1 is 0.781 bits per heavy atom. The first-order valence-electron chi connectivity index (χ1n) is 12.4. The molecule has 1 saturated heterocycles. The lowest BCUT2D eigenvalue weighted by atomic mass is 9.82. The Balaban J connectivity index is 1.59. The van der Waals surface area contributed by atoms with Gasteiger partial charge >= 0.3 is 0 Å². The predicted molar refractivity (Wildman–Crippen MR) is 141 cm³/mol. The molecule has 0 N–H and O–H groups in total.